The molecule has 0 amide bonds. The van der Waals surface area contributed by atoms with Gasteiger partial charge >= 0.3 is 0 Å². The van der Waals surface area contributed by atoms with E-state index in [9.17, 15) is 0 Å². The van der Waals surface area contributed by atoms with Crippen LogP contribution in [-0.2, 0) is 0 Å². The van der Waals surface area contributed by atoms with Crippen LogP contribution in [0.15, 0.2) is 12.7 Å². The lowest BCUT2D eigenvalue weighted by Gasteiger charge is -2.14. The zero-order valence-electron chi connectivity index (χ0n) is 9.71. The van der Waals surface area contributed by atoms with Crippen LogP contribution in [0.1, 0.15) is 19.3 Å². The average molecular weight is 228 g/mol. The minimum Gasteiger partial charge on any atom is -0.316 e. The molecule has 1 aliphatic heterocycles. The predicted octanol–water partition coefficient (Wildman–Crippen LogP) is 1.98. The second-order valence-corrected chi connectivity index (χ2v) is 5.17. The van der Waals surface area contributed by atoms with E-state index in [4.69, 9.17) is 0 Å². The van der Waals surface area contributed by atoms with Gasteiger partial charge in [-0.3, -0.25) is 0 Å². The molecule has 15 heavy (non-hydrogen) atoms. The average Bonchev–Trinajstić information content (AvgIpc) is 2.75. The molecule has 2 nitrogen and oxygen atoms in total. The van der Waals surface area contributed by atoms with Crippen LogP contribution in [0.4, 0.5) is 0 Å². The van der Waals surface area contributed by atoms with Gasteiger partial charge in [0.25, 0.3) is 0 Å². The van der Waals surface area contributed by atoms with Crippen molar-refractivity contribution in [2.75, 3.05) is 44.2 Å². The van der Waals surface area contributed by atoms with Crippen LogP contribution in [0, 0.1) is 0 Å². The van der Waals surface area contributed by atoms with Gasteiger partial charge in [0.05, 0.1) is 0 Å². The minimum atomic E-state index is 1.08. The fraction of sp³-hybridized carbons (Fsp3) is 0.833. The summed E-state index contributed by atoms with van der Waals surface area (Å²) in [5.41, 5.74) is 0. The van der Waals surface area contributed by atoms with Gasteiger partial charge in [-0.15, -0.1) is 6.58 Å². The van der Waals surface area contributed by atoms with Gasteiger partial charge in [0, 0.05) is 18.1 Å². The Balaban J connectivity index is 1.74. The van der Waals surface area contributed by atoms with Gasteiger partial charge in [-0.25, -0.2) is 0 Å². The largest absolute Gasteiger partial charge is 0.316 e. The maximum absolute atomic E-state index is 3.71. The van der Waals surface area contributed by atoms with Gasteiger partial charge in [-0.1, -0.05) is 6.08 Å². The molecule has 0 atom stereocenters. The van der Waals surface area contributed by atoms with E-state index in [0.717, 1.165) is 12.3 Å². The molecule has 0 aromatic carbocycles. The number of likely N-dealkylation sites (tertiary alicyclic amines) is 1. The fourth-order valence-corrected chi connectivity index (χ4v) is 2.49. The summed E-state index contributed by atoms with van der Waals surface area (Å²) in [6.07, 6.45) is 6.08. The van der Waals surface area contributed by atoms with Crippen molar-refractivity contribution in [2.24, 2.45) is 0 Å². The van der Waals surface area contributed by atoms with Gasteiger partial charge in [0.15, 0.2) is 0 Å². The lowest BCUT2D eigenvalue weighted by Crippen LogP contribution is -2.25. The molecule has 88 valence electrons. The monoisotopic (exact) mass is 228 g/mol. The first kappa shape index (κ1) is 13.1. The third-order valence-electron chi connectivity index (χ3n) is 2.69. The summed E-state index contributed by atoms with van der Waals surface area (Å²) in [6.45, 7) is 9.96. The summed E-state index contributed by atoms with van der Waals surface area (Å²) in [6, 6.07) is 0. The summed E-state index contributed by atoms with van der Waals surface area (Å²) in [4.78, 5) is 2.58. The summed E-state index contributed by atoms with van der Waals surface area (Å²) in [5, 5.41) is 3.49. The van der Waals surface area contributed by atoms with Crippen LogP contribution >= 0.6 is 11.8 Å². The number of hydrogen-bond donors (Lipinski definition) is 1. The first-order valence-corrected chi connectivity index (χ1v) is 7.20. The molecule has 0 unspecified atom stereocenters. The maximum atomic E-state index is 3.71. The van der Waals surface area contributed by atoms with E-state index < -0.39 is 0 Å². The lowest BCUT2D eigenvalue weighted by molar-refractivity contribution is 0.331. The number of hydrogen-bond acceptors (Lipinski definition) is 3. The van der Waals surface area contributed by atoms with E-state index >= 15 is 0 Å². The molecule has 1 N–H and O–H groups in total. The fourth-order valence-electron chi connectivity index (χ4n) is 1.87. The van der Waals surface area contributed by atoms with Crippen LogP contribution in [-0.4, -0.2) is 49.1 Å². The summed E-state index contributed by atoms with van der Waals surface area (Å²) in [5.74, 6) is 2.28. The van der Waals surface area contributed by atoms with E-state index in [2.05, 4.69) is 16.8 Å². The number of rotatable bonds is 9. The van der Waals surface area contributed by atoms with Crippen LogP contribution in [0.25, 0.3) is 0 Å². The van der Waals surface area contributed by atoms with Crippen LogP contribution in [0.5, 0.6) is 0 Å². The molecule has 1 aliphatic rings. The maximum Gasteiger partial charge on any atom is 0.0111 e. The van der Waals surface area contributed by atoms with Crippen molar-refractivity contribution in [2.45, 2.75) is 19.3 Å². The molecule has 0 aromatic heterocycles. The molecule has 0 aliphatic carbocycles. The first-order chi connectivity index (χ1) is 7.43. The van der Waals surface area contributed by atoms with Crippen molar-refractivity contribution in [3.63, 3.8) is 0 Å². The highest BCUT2D eigenvalue weighted by atomic mass is 32.2. The smallest absolute Gasteiger partial charge is 0.0111 e. The van der Waals surface area contributed by atoms with Crippen LogP contribution in [0.2, 0.25) is 0 Å². The molecule has 0 saturated carbocycles. The molecular weight excluding hydrogens is 204 g/mol. The third-order valence-corrected chi connectivity index (χ3v) is 3.65. The molecule has 3 heteroatoms. The molecule has 1 rings (SSSR count). The quantitative estimate of drug-likeness (QED) is 0.480. The molecule has 0 radical (unpaired) electrons. The van der Waals surface area contributed by atoms with Crippen molar-refractivity contribution < 1.29 is 0 Å². The highest BCUT2D eigenvalue weighted by Gasteiger charge is 2.09. The minimum absolute atomic E-state index is 1.08. The summed E-state index contributed by atoms with van der Waals surface area (Å²) in [7, 11) is 0. The molecule has 0 spiro atoms. The van der Waals surface area contributed by atoms with Crippen molar-refractivity contribution in [1.29, 1.82) is 0 Å². The van der Waals surface area contributed by atoms with Gasteiger partial charge in [0.1, 0.15) is 0 Å². The standard InChI is InChI=1S/C12H24N2S/c1-2-11-15-12-7-13-6-5-10-14-8-3-4-9-14/h2,13H,1,3-12H2. The Morgan fingerprint density at radius 1 is 1.27 bits per heavy atom. The van der Waals surface area contributed by atoms with E-state index in [1.165, 1.54) is 51.2 Å². The van der Waals surface area contributed by atoms with E-state index in [1.807, 2.05) is 17.8 Å². The van der Waals surface area contributed by atoms with Crippen molar-refractivity contribution in [3.8, 4) is 0 Å². The second kappa shape index (κ2) is 9.25. The Hall–Kier alpha value is 0.01000. The zero-order valence-corrected chi connectivity index (χ0v) is 10.5. The molecule has 1 fully saturated rings. The number of nitrogens with one attached hydrogen (secondary N) is 1. The second-order valence-electron chi connectivity index (χ2n) is 4.02. The van der Waals surface area contributed by atoms with E-state index in [1.54, 1.807) is 0 Å². The SMILES string of the molecule is C=CCSCCNCCCN1CCCC1. The van der Waals surface area contributed by atoms with E-state index in [-0.39, 0.29) is 0 Å². The Morgan fingerprint density at radius 3 is 2.80 bits per heavy atom. The summed E-state index contributed by atoms with van der Waals surface area (Å²) < 4.78 is 0. The number of thioether (sulfide) groups is 1. The Kier molecular flexibility index (Phi) is 8.07. The van der Waals surface area contributed by atoms with Crippen LogP contribution in [0.3, 0.4) is 0 Å². The highest BCUT2D eigenvalue weighted by Crippen LogP contribution is 2.06. The van der Waals surface area contributed by atoms with Crippen molar-refractivity contribution in [1.82, 2.24) is 10.2 Å². The Morgan fingerprint density at radius 2 is 2.07 bits per heavy atom. The van der Waals surface area contributed by atoms with Gasteiger partial charge in [0.2, 0.25) is 0 Å². The van der Waals surface area contributed by atoms with Crippen molar-refractivity contribution >= 4 is 11.8 Å². The zero-order chi connectivity index (χ0) is 10.8. The Bertz CT molecular complexity index is 156. The Labute approximate surface area is 98.5 Å². The topological polar surface area (TPSA) is 15.3 Å². The molecule has 0 bridgehead atoms. The predicted molar refractivity (Wildman–Crippen MR) is 70.7 cm³/mol. The molecule has 1 saturated heterocycles. The van der Waals surface area contributed by atoms with Crippen LogP contribution < -0.4 is 5.32 Å². The van der Waals surface area contributed by atoms with Gasteiger partial charge in [-0.05, 0) is 45.4 Å². The van der Waals surface area contributed by atoms with Crippen molar-refractivity contribution in [3.05, 3.63) is 12.7 Å². The molecule has 0 aromatic rings. The lowest BCUT2D eigenvalue weighted by atomic mass is 10.4. The normalized spacial score (nSPS) is 17.1. The summed E-state index contributed by atoms with van der Waals surface area (Å²) >= 11 is 1.95. The number of nitrogens with zero attached hydrogens (tertiary/aromatic N) is 1. The molecule has 1 heterocycles. The highest BCUT2D eigenvalue weighted by molar-refractivity contribution is 7.99. The van der Waals surface area contributed by atoms with E-state index in [0.29, 0.717) is 0 Å². The molecular formula is C12H24N2S. The van der Waals surface area contributed by atoms with Gasteiger partial charge in [-0.2, -0.15) is 11.8 Å². The van der Waals surface area contributed by atoms with Gasteiger partial charge < -0.3 is 10.2 Å². The third kappa shape index (κ3) is 6.98. The first-order valence-electron chi connectivity index (χ1n) is 6.05.